The number of aryl methyl sites for hydroxylation is 2. The Kier molecular flexibility index (Phi) is 5.62. The van der Waals surface area contributed by atoms with Gasteiger partial charge in [0.05, 0.1) is 12.7 Å². The molecule has 1 amide bonds. The van der Waals surface area contributed by atoms with Gasteiger partial charge in [-0.2, -0.15) is 0 Å². The highest BCUT2D eigenvalue weighted by atomic mass is 16.5. The Morgan fingerprint density at radius 3 is 2.55 bits per heavy atom. The second-order valence-corrected chi connectivity index (χ2v) is 7.40. The van der Waals surface area contributed by atoms with Gasteiger partial charge in [0.15, 0.2) is 11.5 Å². The van der Waals surface area contributed by atoms with E-state index in [9.17, 15) is 14.7 Å². The van der Waals surface area contributed by atoms with Crippen LogP contribution in [0.2, 0.25) is 0 Å². The van der Waals surface area contributed by atoms with Gasteiger partial charge in [0.25, 0.3) is 5.91 Å². The van der Waals surface area contributed by atoms with E-state index in [2.05, 4.69) is 0 Å². The summed E-state index contributed by atoms with van der Waals surface area (Å²) >= 11 is 0. The van der Waals surface area contributed by atoms with Crippen molar-refractivity contribution in [2.24, 2.45) is 0 Å². The molecule has 0 aliphatic carbocycles. The Labute approximate surface area is 180 Å². The van der Waals surface area contributed by atoms with Crippen molar-refractivity contribution in [2.75, 3.05) is 12.0 Å². The summed E-state index contributed by atoms with van der Waals surface area (Å²) in [5.74, 6) is 0.147. The minimum atomic E-state index is -0.850. The number of ketones is 1. The molecule has 4 rings (SSSR count). The molecule has 31 heavy (non-hydrogen) atoms. The number of aliphatic hydroxyl groups excluding tert-OH is 1. The fourth-order valence-electron chi connectivity index (χ4n) is 3.82. The van der Waals surface area contributed by atoms with Crippen molar-refractivity contribution in [1.82, 2.24) is 0 Å². The third kappa shape index (κ3) is 3.97. The molecular weight excluding hydrogens is 394 g/mol. The average Bonchev–Trinajstić information content (AvgIpc) is 3.33. The van der Waals surface area contributed by atoms with Crippen molar-refractivity contribution in [3.05, 3.63) is 95.1 Å². The van der Waals surface area contributed by atoms with Crippen LogP contribution in [0, 0.1) is 6.92 Å². The fourth-order valence-corrected chi connectivity index (χ4v) is 3.82. The molecule has 1 unspecified atom stereocenters. The van der Waals surface area contributed by atoms with Crippen LogP contribution in [0.3, 0.4) is 0 Å². The average molecular weight is 417 g/mol. The zero-order chi connectivity index (χ0) is 22.0. The van der Waals surface area contributed by atoms with Gasteiger partial charge >= 0.3 is 0 Å². The van der Waals surface area contributed by atoms with Gasteiger partial charge in [-0.3, -0.25) is 14.5 Å². The first-order valence-corrected chi connectivity index (χ1v) is 10.0. The molecule has 1 atom stereocenters. The fraction of sp³-hybridized carbons (Fsp3) is 0.200. The predicted octanol–water partition coefficient (Wildman–Crippen LogP) is 4.70. The number of anilines is 1. The Balaban J connectivity index is 1.71. The summed E-state index contributed by atoms with van der Waals surface area (Å²) in [5, 5.41) is 10.7. The molecule has 1 aliphatic heterocycles. The van der Waals surface area contributed by atoms with Crippen molar-refractivity contribution in [2.45, 2.75) is 25.8 Å². The summed E-state index contributed by atoms with van der Waals surface area (Å²) in [6.45, 7) is 1.79. The highest BCUT2D eigenvalue weighted by Gasteiger charge is 2.45. The maximum absolute atomic E-state index is 13.2. The van der Waals surface area contributed by atoms with Crippen molar-refractivity contribution >= 4 is 17.4 Å². The maximum Gasteiger partial charge on any atom is 0.294 e. The molecule has 1 aliphatic rings. The number of hydrogen-bond donors (Lipinski definition) is 1. The van der Waals surface area contributed by atoms with E-state index in [-0.39, 0.29) is 17.8 Å². The second-order valence-electron chi connectivity index (χ2n) is 7.40. The van der Waals surface area contributed by atoms with E-state index in [0.29, 0.717) is 29.4 Å². The van der Waals surface area contributed by atoms with Gasteiger partial charge in [-0.1, -0.05) is 36.4 Å². The number of Topliss-reactive ketones (excluding diaryl/α,β-unsaturated/α-hetero) is 1. The molecule has 6 heteroatoms. The number of benzene rings is 2. The number of aliphatic hydroxyl groups is 1. The summed E-state index contributed by atoms with van der Waals surface area (Å²) in [4.78, 5) is 27.7. The molecule has 1 N–H and O–H groups in total. The summed E-state index contributed by atoms with van der Waals surface area (Å²) in [7, 11) is 1.53. The molecule has 1 aromatic heterocycles. The van der Waals surface area contributed by atoms with Crippen LogP contribution < -0.4 is 9.64 Å². The van der Waals surface area contributed by atoms with Crippen molar-refractivity contribution in [3.63, 3.8) is 0 Å². The monoisotopic (exact) mass is 417 g/mol. The third-order valence-electron chi connectivity index (χ3n) is 5.35. The van der Waals surface area contributed by atoms with Gasteiger partial charge in [0, 0.05) is 18.2 Å². The molecule has 0 radical (unpaired) electrons. The first-order chi connectivity index (χ1) is 15.0. The Morgan fingerprint density at radius 1 is 1.10 bits per heavy atom. The molecule has 6 nitrogen and oxygen atoms in total. The summed E-state index contributed by atoms with van der Waals surface area (Å²) < 4.78 is 11.1. The van der Waals surface area contributed by atoms with Gasteiger partial charge in [0.2, 0.25) is 0 Å². The number of rotatable bonds is 7. The van der Waals surface area contributed by atoms with E-state index in [0.717, 1.165) is 5.56 Å². The molecule has 2 heterocycles. The third-order valence-corrected chi connectivity index (χ3v) is 5.35. The normalized spacial score (nSPS) is 16.1. The highest BCUT2D eigenvalue weighted by molar-refractivity contribution is 6.16. The number of carbonyl (C=O) groups is 2. The molecule has 0 bridgehead atoms. The summed E-state index contributed by atoms with van der Waals surface area (Å²) in [6, 6.07) is 19.2. The van der Waals surface area contributed by atoms with Gasteiger partial charge in [-0.05, 0) is 43.2 Å². The van der Waals surface area contributed by atoms with Crippen LogP contribution in [0.4, 0.5) is 5.69 Å². The summed E-state index contributed by atoms with van der Waals surface area (Å²) in [6.07, 6.45) is 0.673. The lowest BCUT2D eigenvalue weighted by molar-refractivity contribution is -0.118. The van der Waals surface area contributed by atoms with E-state index in [1.807, 2.05) is 30.3 Å². The number of methoxy groups -OCH3 is 1. The topological polar surface area (TPSA) is 80.0 Å². The number of carbonyl (C=O) groups excluding carboxylic acids is 2. The molecule has 158 valence electrons. The number of furan rings is 1. The largest absolute Gasteiger partial charge is 0.503 e. The van der Waals surface area contributed by atoms with Gasteiger partial charge in [0.1, 0.15) is 23.3 Å². The molecule has 0 spiro atoms. The summed E-state index contributed by atoms with van der Waals surface area (Å²) in [5.41, 5.74) is 1.56. The van der Waals surface area contributed by atoms with Crippen LogP contribution in [-0.4, -0.2) is 23.9 Å². The SMILES string of the molecule is COc1cccc(N2C(=O)C(O)=C(C(=O)CCc3ccccc3)C2c2ccc(C)o2)c1. The first kappa shape index (κ1) is 20.5. The quantitative estimate of drug-likeness (QED) is 0.603. The van der Waals surface area contributed by atoms with E-state index in [1.165, 1.54) is 12.0 Å². The molecule has 0 saturated heterocycles. The molecule has 2 aromatic carbocycles. The number of hydrogen-bond acceptors (Lipinski definition) is 5. The minimum Gasteiger partial charge on any atom is -0.503 e. The number of ether oxygens (including phenoxy) is 1. The van der Waals surface area contributed by atoms with Crippen molar-refractivity contribution in [1.29, 1.82) is 0 Å². The van der Waals surface area contributed by atoms with Gasteiger partial charge in [-0.25, -0.2) is 0 Å². The lowest BCUT2D eigenvalue weighted by atomic mass is 9.96. The van der Waals surface area contributed by atoms with Crippen LogP contribution in [0.5, 0.6) is 5.75 Å². The molecule has 0 saturated carbocycles. The zero-order valence-electron chi connectivity index (χ0n) is 17.4. The predicted molar refractivity (Wildman–Crippen MR) is 116 cm³/mol. The number of nitrogens with zero attached hydrogens (tertiary/aromatic N) is 1. The number of amides is 1. The minimum absolute atomic E-state index is 0.0538. The van der Waals surface area contributed by atoms with Crippen LogP contribution in [0.15, 0.2) is 82.5 Å². The van der Waals surface area contributed by atoms with Gasteiger partial charge < -0.3 is 14.3 Å². The van der Waals surface area contributed by atoms with E-state index < -0.39 is 17.7 Å². The lowest BCUT2D eigenvalue weighted by Crippen LogP contribution is -2.30. The van der Waals surface area contributed by atoms with E-state index in [4.69, 9.17) is 9.15 Å². The maximum atomic E-state index is 13.2. The molecule has 0 fully saturated rings. The molecule has 3 aromatic rings. The van der Waals surface area contributed by atoms with Crippen LogP contribution in [-0.2, 0) is 16.0 Å². The van der Waals surface area contributed by atoms with E-state index >= 15 is 0 Å². The highest BCUT2D eigenvalue weighted by Crippen LogP contribution is 2.42. The molecular formula is C25H23NO5. The smallest absolute Gasteiger partial charge is 0.294 e. The second kappa shape index (κ2) is 8.52. The van der Waals surface area contributed by atoms with Crippen LogP contribution >= 0.6 is 0 Å². The first-order valence-electron chi connectivity index (χ1n) is 10.0. The lowest BCUT2D eigenvalue weighted by Gasteiger charge is -2.25. The van der Waals surface area contributed by atoms with Crippen molar-refractivity contribution < 1.29 is 23.8 Å². The Bertz CT molecular complexity index is 1150. The van der Waals surface area contributed by atoms with Gasteiger partial charge in [-0.15, -0.1) is 0 Å². The standard InChI is InChI=1S/C25H23NO5/c1-16-11-14-21(31-16)23-22(20(27)13-12-17-7-4-3-5-8-17)24(28)25(29)26(23)18-9-6-10-19(15-18)30-2/h3-11,14-15,23,28H,12-13H2,1-2H3. The Morgan fingerprint density at radius 2 is 1.87 bits per heavy atom. The Hall–Kier alpha value is -3.80. The zero-order valence-corrected chi connectivity index (χ0v) is 17.4. The van der Waals surface area contributed by atoms with E-state index in [1.54, 1.807) is 43.3 Å². The van der Waals surface area contributed by atoms with Crippen LogP contribution in [0.25, 0.3) is 0 Å². The van der Waals surface area contributed by atoms with Crippen molar-refractivity contribution in [3.8, 4) is 5.75 Å². The van der Waals surface area contributed by atoms with Crippen LogP contribution in [0.1, 0.15) is 29.5 Å².